The average Bonchev–Trinajstić information content (AvgIpc) is 3.05. The molecule has 0 fully saturated rings. The lowest BCUT2D eigenvalue weighted by Gasteiger charge is -2.23. The zero-order chi connectivity index (χ0) is 27.0. The number of likely N-dealkylation sites (N-methyl/N-ethyl adjacent to an activating group) is 1. The maximum Gasteiger partial charge on any atom is 0.340 e. The Balaban J connectivity index is 1.49. The molecule has 192 valence electrons. The number of carbonyl (C=O) groups excluding carboxylic acids is 2. The zero-order valence-corrected chi connectivity index (χ0v) is 21.7. The second-order valence-electron chi connectivity index (χ2n) is 9.34. The molecular formula is C28H27FN2O5S. The van der Waals surface area contributed by atoms with Crippen LogP contribution in [0.15, 0.2) is 83.4 Å². The molecule has 0 bridgehead atoms. The van der Waals surface area contributed by atoms with Gasteiger partial charge in [0.05, 0.1) is 16.1 Å². The molecule has 1 heterocycles. The number of hydrogen-bond acceptors (Lipinski definition) is 6. The molecule has 1 aliphatic heterocycles. The summed E-state index contributed by atoms with van der Waals surface area (Å²) in [4.78, 5) is 27.4. The van der Waals surface area contributed by atoms with E-state index in [1.165, 1.54) is 31.2 Å². The van der Waals surface area contributed by atoms with Crippen LogP contribution in [0, 0.1) is 12.7 Å². The summed E-state index contributed by atoms with van der Waals surface area (Å²) in [6.07, 6.45) is 1.47. The molecule has 9 heteroatoms. The summed E-state index contributed by atoms with van der Waals surface area (Å²) >= 11 is 0. The maximum atomic E-state index is 13.6. The summed E-state index contributed by atoms with van der Waals surface area (Å²) in [6.45, 7) is 4.98. The lowest BCUT2D eigenvalue weighted by molar-refractivity contribution is -0.117. The summed E-state index contributed by atoms with van der Waals surface area (Å²) in [6, 6.07) is 17.2. The Morgan fingerprint density at radius 2 is 1.73 bits per heavy atom. The van der Waals surface area contributed by atoms with Gasteiger partial charge in [-0.2, -0.15) is 0 Å². The molecule has 1 aliphatic rings. The van der Waals surface area contributed by atoms with Crippen LogP contribution in [-0.4, -0.2) is 33.8 Å². The molecule has 0 atom stereocenters. The van der Waals surface area contributed by atoms with Crippen molar-refractivity contribution >= 4 is 33.2 Å². The Morgan fingerprint density at radius 3 is 2.43 bits per heavy atom. The summed E-state index contributed by atoms with van der Waals surface area (Å²) in [5.74, 6) is -1.79. The fourth-order valence-electron chi connectivity index (χ4n) is 4.41. The molecule has 0 saturated heterocycles. The predicted molar refractivity (Wildman–Crippen MR) is 140 cm³/mol. The lowest BCUT2D eigenvalue weighted by Crippen LogP contribution is -2.25. The highest BCUT2D eigenvalue weighted by molar-refractivity contribution is 7.92. The summed E-state index contributed by atoms with van der Waals surface area (Å²) < 4.78 is 46.8. The van der Waals surface area contributed by atoms with Crippen LogP contribution in [0.4, 0.5) is 15.8 Å². The van der Waals surface area contributed by atoms with Crippen LogP contribution < -0.4 is 9.62 Å². The Morgan fingerprint density at radius 1 is 1.05 bits per heavy atom. The third kappa shape index (κ3) is 5.13. The van der Waals surface area contributed by atoms with E-state index in [0.29, 0.717) is 0 Å². The molecule has 37 heavy (non-hydrogen) atoms. The second kappa shape index (κ2) is 9.82. The molecule has 0 unspecified atom stereocenters. The van der Waals surface area contributed by atoms with Crippen LogP contribution in [-0.2, 0) is 25.0 Å². The molecule has 0 aromatic heterocycles. The Bertz CT molecular complexity index is 1530. The summed E-state index contributed by atoms with van der Waals surface area (Å²) in [7, 11) is -2.23. The number of fused-ring (bicyclic) bond motifs is 1. The second-order valence-corrected chi connectivity index (χ2v) is 11.0. The molecular weight excluding hydrogens is 495 g/mol. The normalized spacial score (nSPS) is 15.4. The van der Waals surface area contributed by atoms with E-state index < -0.39 is 39.6 Å². The number of rotatable bonds is 7. The van der Waals surface area contributed by atoms with E-state index in [1.807, 2.05) is 50.1 Å². The van der Waals surface area contributed by atoms with Gasteiger partial charge in [0.25, 0.3) is 10.0 Å². The van der Waals surface area contributed by atoms with Crippen molar-refractivity contribution in [3.05, 3.63) is 101 Å². The van der Waals surface area contributed by atoms with E-state index in [1.54, 1.807) is 12.1 Å². The van der Waals surface area contributed by atoms with E-state index in [0.717, 1.165) is 29.1 Å². The first-order valence-corrected chi connectivity index (χ1v) is 13.0. The van der Waals surface area contributed by atoms with Crippen molar-refractivity contribution < 1.29 is 27.1 Å². The lowest BCUT2D eigenvalue weighted by atomic mass is 9.83. The van der Waals surface area contributed by atoms with Crippen LogP contribution in [0.1, 0.15) is 35.3 Å². The number of esters is 1. The van der Waals surface area contributed by atoms with Gasteiger partial charge in [-0.05, 0) is 54.4 Å². The van der Waals surface area contributed by atoms with E-state index in [9.17, 15) is 22.4 Å². The number of aryl methyl sites for hydroxylation is 1. The number of hydrogen-bond donors (Lipinski definition) is 1. The predicted octanol–water partition coefficient (Wildman–Crippen LogP) is 4.97. The number of benzene rings is 3. The van der Waals surface area contributed by atoms with Crippen LogP contribution >= 0.6 is 0 Å². The molecule has 0 spiro atoms. The molecule has 3 aromatic carbocycles. The first kappa shape index (κ1) is 26.1. The highest BCUT2D eigenvalue weighted by Crippen LogP contribution is 2.46. The molecule has 4 rings (SSSR count). The van der Waals surface area contributed by atoms with Gasteiger partial charge in [-0.25, -0.2) is 17.6 Å². The van der Waals surface area contributed by atoms with Crippen LogP contribution in [0.2, 0.25) is 0 Å². The molecule has 0 radical (unpaired) electrons. The molecule has 3 aromatic rings. The maximum absolute atomic E-state index is 13.6. The Kier molecular flexibility index (Phi) is 6.92. The summed E-state index contributed by atoms with van der Waals surface area (Å²) in [5.41, 5.74) is 2.55. The number of allylic oxidation sites excluding steroid dienone is 1. The van der Waals surface area contributed by atoms with Crippen molar-refractivity contribution in [1.29, 1.82) is 0 Å². The number of para-hydroxylation sites is 2. The van der Waals surface area contributed by atoms with Crippen molar-refractivity contribution in [3.63, 3.8) is 0 Å². The zero-order valence-electron chi connectivity index (χ0n) is 20.9. The monoisotopic (exact) mass is 522 g/mol. The third-order valence-corrected chi connectivity index (χ3v) is 7.78. The number of halogens is 1. The van der Waals surface area contributed by atoms with E-state index >= 15 is 0 Å². The van der Waals surface area contributed by atoms with Gasteiger partial charge in [0.2, 0.25) is 0 Å². The first-order valence-electron chi connectivity index (χ1n) is 11.5. The van der Waals surface area contributed by atoms with Crippen molar-refractivity contribution in [2.45, 2.75) is 31.1 Å². The van der Waals surface area contributed by atoms with Gasteiger partial charge in [0.1, 0.15) is 5.82 Å². The highest BCUT2D eigenvalue weighted by Gasteiger charge is 2.38. The van der Waals surface area contributed by atoms with Gasteiger partial charge in [0.15, 0.2) is 12.4 Å². The van der Waals surface area contributed by atoms with Gasteiger partial charge in [0, 0.05) is 29.9 Å². The van der Waals surface area contributed by atoms with Crippen molar-refractivity contribution in [2.24, 2.45) is 0 Å². The smallest absolute Gasteiger partial charge is 0.340 e. The topological polar surface area (TPSA) is 92.8 Å². The highest BCUT2D eigenvalue weighted by atomic mass is 32.2. The SMILES string of the molecule is Cc1cc(S(=O)(=O)Nc2ccccc2C(=O)OCC(=O)C=C2N(C)c3ccccc3C2(C)C)ccc1F. The number of ketones is 1. The number of sulfonamides is 1. The van der Waals surface area contributed by atoms with E-state index in [-0.39, 0.29) is 21.7 Å². The standard InChI is InChI=1S/C28H27FN2O5S/c1-18-15-20(13-14-23(18)29)37(34,35)30-24-11-7-5-9-21(24)27(33)36-17-19(32)16-26-28(2,3)22-10-6-8-12-25(22)31(26)4/h5-16,30H,17H2,1-4H3. The number of carbonyl (C=O) groups is 2. The molecule has 1 N–H and O–H groups in total. The van der Waals surface area contributed by atoms with Gasteiger partial charge < -0.3 is 9.64 Å². The number of ether oxygens (including phenoxy) is 1. The molecule has 0 amide bonds. The van der Waals surface area contributed by atoms with Crippen LogP contribution in [0.5, 0.6) is 0 Å². The summed E-state index contributed by atoms with van der Waals surface area (Å²) in [5, 5.41) is 0. The number of anilines is 2. The van der Waals surface area contributed by atoms with Crippen LogP contribution in [0.3, 0.4) is 0 Å². The quantitative estimate of drug-likeness (QED) is 0.348. The molecule has 7 nitrogen and oxygen atoms in total. The van der Waals surface area contributed by atoms with E-state index in [2.05, 4.69) is 4.72 Å². The first-order chi connectivity index (χ1) is 17.4. The minimum absolute atomic E-state index is 0.0209. The fraction of sp³-hybridized carbons (Fsp3) is 0.214. The molecule has 0 aliphatic carbocycles. The molecule has 0 saturated carbocycles. The van der Waals surface area contributed by atoms with Gasteiger partial charge >= 0.3 is 5.97 Å². The number of nitrogens with zero attached hydrogens (tertiary/aromatic N) is 1. The largest absolute Gasteiger partial charge is 0.454 e. The van der Waals surface area contributed by atoms with Crippen molar-refractivity contribution in [3.8, 4) is 0 Å². The third-order valence-electron chi connectivity index (χ3n) is 6.41. The fourth-order valence-corrected chi connectivity index (χ4v) is 5.57. The van der Waals surface area contributed by atoms with Crippen molar-refractivity contribution in [2.75, 3.05) is 23.3 Å². The van der Waals surface area contributed by atoms with Crippen LogP contribution in [0.25, 0.3) is 0 Å². The van der Waals surface area contributed by atoms with Gasteiger partial charge in [-0.15, -0.1) is 0 Å². The average molecular weight is 523 g/mol. The van der Waals surface area contributed by atoms with Crippen molar-refractivity contribution in [1.82, 2.24) is 0 Å². The number of nitrogens with one attached hydrogen (secondary N) is 1. The Labute approximate surface area is 215 Å². The Hall–Kier alpha value is -3.98. The van der Waals surface area contributed by atoms with E-state index in [4.69, 9.17) is 4.74 Å². The van der Waals surface area contributed by atoms with Gasteiger partial charge in [-0.1, -0.05) is 44.2 Å². The van der Waals surface area contributed by atoms with Gasteiger partial charge in [-0.3, -0.25) is 9.52 Å². The minimum atomic E-state index is -4.11. The minimum Gasteiger partial charge on any atom is -0.454 e.